The highest BCUT2D eigenvalue weighted by Crippen LogP contribution is 2.27. The molecule has 1 saturated heterocycles. The van der Waals surface area contributed by atoms with Gasteiger partial charge in [-0.25, -0.2) is 0 Å². The highest BCUT2D eigenvalue weighted by molar-refractivity contribution is 5.70. The maximum atomic E-state index is 11.0. The summed E-state index contributed by atoms with van der Waals surface area (Å²) in [5.41, 5.74) is 2.66. The molecule has 19 heavy (non-hydrogen) atoms. The standard InChI is InChI=1S/C16H23NO2/c1-3-4-13-5-7-14(8-6-13)12(2)17-10-9-15(11-17)16(18)19/h5-8,12,15H,3-4,9-11H2,1-2H3,(H,18,19). The van der Waals surface area contributed by atoms with Crippen molar-refractivity contribution in [2.24, 2.45) is 5.92 Å². The maximum Gasteiger partial charge on any atom is 0.307 e. The maximum absolute atomic E-state index is 11.0. The molecular weight excluding hydrogens is 238 g/mol. The van der Waals surface area contributed by atoms with Crippen LogP contribution in [0.4, 0.5) is 0 Å². The van der Waals surface area contributed by atoms with Crippen LogP contribution in [0.3, 0.4) is 0 Å². The van der Waals surface area contributed by atoms with E-state index in [-0.39, 0.29) is 5.92 Å². The first kappa shape index (κ1) is 14.1. The Kier molecular flexibility index (Phi) is 4.59. The van der Waals surface area contributed by atoms with Crippen molar-refractivity contribution in [3.05, 3.63) is 35.4 Å². The molecule has 0 amide bonds. The van der Waals surface area contributed by atoms with Crippen LogP contribution >= 0.6 is 0 Å². The number of carboxylic acids is 1. The van der Waals surface area contributed by atoms with Crippen molar-refractivity contribution in [3.8, 4) is 0 Å². The fraction of sp³-hybridized carbons (Fsp3) is 0.562. The van der Waals surface area contributed by atoms with Crippen molar-refractivity contribution in [2.75, 3.05) is 13.1 Å². The van der Waals surface area contributed by atoms with Gasteiger partial charge in [-0.1, -0.05) is 37.6 Å². The number of rotatable bonds is 5. The van der Waals surface area contributed by atoms with Crippen molar-refractivity contribution >= 4 is 5.97 Å². The number of likely N-dealkylation sites (tertiary alicyclic amines) is 1. The summed E-state index contributed by atoms with van der Waals surface area (Å²) in [6.45, 7) is 5.91. The highest BCUT2D eigenvalue weighted by atomic mass is 16.4. The van der Waals surface area contributed by atoms with Gasteiger partial charge in [0.05, 0.1) is 5.92 Å². The molecule has 1 aliphatic rings. The predicted octanol–water partition coefficient (Wildman–Crippen LogP) is 3.11. The first-order chi connectivity index (χ1) is 9.11. The third-order valence-corrected chi connectivity index (χ3v) is 4.12. The number of benzene rings is 1. The fourth-order valence-electron chi connectivity index (χ4n) is 2.80. The van der Waals surface area contributed by atoms with E-state index in [0.717, 1.165) is 19.4 Å². The highest BCUT2D eigenvalue weighted by Gasteiger charge is 2.30. The fourth-order valence-corrected chi connectivity index (χ4v) is 2.80. The Bertz CT molecular complexity index is 427. The molecule has 0 saturated carbocycles. The minimum atomic E-state index is -0.659. The number of carbonyl (C=O) groups is 1. The third kappa shape index (κ3) is 3.35. The zero-order valence-corrected chi connectivity index (χ0v) is 11.8. The quantitative estimate of drug-likeness (QED) is 0.885. The average molecular weight is 261 g/mol. The number of hydrogen-bond donors (Lipinski definition) is 1. The van der Waals surface area contributed by atoms with Crippen molar-refractivity contribution in [1.29, 1.82) is 0 Å². The SMILES string of the molecule is CCCc1ccc(C(C)N2CCC(C(=O)O)C2)cc1. The summed E-state index contributed by atoms with van der Waals surface area (Å²) in [6, 6.07) is 9.06. The molecule has 0 radical (unpaired) electrons. The van der Waals surface area contributed by atoms with Gasteiger partial charge < -0.3 is 5.11 Å². The number of aryl methyl sites for hydroxylation is 1. The summed E-state index contributed by atoms with van der Waals surface area (Å²) in [5, 5.41) is 9.05. The molecule has 104 valence electrons. The van der Waals surface area contributed by atoms with Crippen molar-refractivity contribution < 1.29 is 9.90 Å². The lowest BCUT2D eigenvalue weighted by molar-refractivity contribution is -0.141. The lowest BCUT2D eigenvalue weighted by Gasteiger charge is -2.24. The van der Waals surface area contributed by atoms with Gasteiger partial charge in [0.2, 0.25) is 0 Å². The Balaban J connectivity index is 1.99. The number of hydrogen-bond acceptors (Lipinski definition) is 2. The van der Waals surface area contributed by atoms with Crippen LogP contribution in [0.25, 0.3) is 0 Å². The second-order valence-electron chi connectivity index (χ2n) is 5.49. The van der Waals surface area contributed by atoms with E-state index in [1.54, 1.807) is 0 Å². The molecule has 2 unspecified atom stereocenters. The summed E-state index contributed by atoms with van der Waals surface area (Å²) in [4.78, 5) is 13.3. The molecule has 1 aliphatic heterocycles. The zero-order valence-electron chi connectivity index (χ0n) is 11.8. The van der Waals surface area contributed by atoms with E-state index in [1.165, 1.54) is 17.5 Å². The van der Waals surface area contributed by atoms with Gasteiger partial charge in [0.15, 0.2) is 0 Å². The van der Waals surface area contributed by atoms with Crippen molar-refractivity contribution in [3.63, 3.8) is 0 Å². The van der Waals surface area contributed by atoms with Crippen molar-refractivity contribution in [2.45, 2.75) is 39.2 Å². The van der Waals surface area contributed by atoms with Crippen LogP contribution in [0, 0.1) is 5.92 Å². The molecule has 1 aromatic rings. The average Bonchev–Trinajstić information content (AvgIpc) is 2.89. The molecule has 0 aliphatic carbocycles. The van der Waals surface area contributed by atoms with E-state index in [1.807, 2.05) is 0 Å². The van der Waals surface area contributed by atoms with E-state index in [0.29, 0.717) is 12.6 Å². The monoisotopic (exact) mass is 261 g/mol. The molecule has 1 heterocycles. The van der Waals surface area contributed by atoms with E-state index >= 15 is 0 Å². The molecule has 2 atom stereocenters. The number of nitrogens with zero attached hydrogens (tertiary/aromatic N) is 1. The van der Waals surface area contributed by atoms with E-state index in [9.17, 15) is 4.79 Å². The van der Waals surface area contributed by atoms with E-state index in [2.05, 4.69) is 43.0 Å². The Labute approximate surface area is 115 Å². The summed E-state index contributed by atoms with van der Waals surface area (Å²) >= 11 is 0. The second kappa shape index (κ2) is 6.20. The molecule has 1 N–H and O–H groups in total. The molecule has 1 fully saturated rings. The molecule has 0 bridgehead atoms. The molecule has 1 aromatic carbocycles. The minimum absolute atomic E-state index is 0.193. The van der Waals surface area contributed by atoms with Crippen molar-refractivity contribution in [1.82, 2.24) is 4.90 Å². The molecule has 0 aromatic heterocycles. The third-order valence-electron chi connectivity index (χ3n) is 4.12. The van der Waals surface area contributed by atoms with Crippen LogP contribution in [0.2, 0.25) is 0 Å². The lowest BCUT2D eigenvalue weighted by atomic mass is 10.0. The summed E-state index contributed by atoms with van der Waals surface area (Å²) in [6.07, 6.45) is 3.06. The second-order valence-corrected chi connectivity index (χ2v) is 5.49. The molecule has 3 heteroatoms. The van der Waals surface area contributed by atoms with Gasteiger partial charge in [-0.15, -0.1) is 0 Å². The molecule has 2 rings (SSSR count). The lowest BCUT2D eigenvalue weighted by Crippen LogP contribution is -2.26. The molecule has 0 spiro atoms. The van der Waals surface area contributed by atoms with Gasteiger partial charge in [0.25, 0.3) is 0 Å². The zero-order chi connectivity index (χ0) is 13.8. The Morgan fingerprint density at radius 3 is 2.63 bits per heavy atom. The Morgan fingerprint density at radius 1 is 1.42 bits per heavy atom. The minimum Gasteiger partial charge on any atom is -0.481 e. The van der Waals surface area contributed by atoms with Gasteiger partial charge in [0, 0.05) is 12.6 Å². The summed E-state index contributed by atoms with van der Waals surface area (Å²) in [5.74, 6) is -0.852. The Morgan fingerprint density at radius 2 is 2.11 bits per heavy atom. The topological polar surface area (TPSA) is 40.5 Å². The number of aliphatic carboxylic acids is 1. The molecule has 3 nitrogen and oxygen atoms in total. The predicted molar refractivity (Wildman–Crippen MR) is 76.2 cm³/mol. The smallest absolute Gasteiger partial charge is 0.307 e. The van der Waals surface area contributed by atoms with E-state index in [4.69, 9.17) is 5.11 Å². The van der Waals surface area contributed by atoms with Gasteiger partial charge in [-0.3, -0.25) is 9.69 Å². The first-order valence-corrected chi connectivity index (χ1v) is 7.17. The summed E-state index contributed by atoms with van der Waals surface area (Å²) in [7, 11) is 0. The Hall–Kier alpha value is -1.35. The van der Waals surface area contributed by atoms with Gasteiger partial charge >= 0.3 is 5.97 Å². The molecular formula is C16H23NO2. The van der Waals surface area contributed by atoms with Crippen LogP contribution in [0.15, 0.2) is 24.3 Å². The normalized spacial score (nSPS) is 21.5. The van der Waals surface area contributed by atoms with E-state index < -0.39 is 5.97 Å². The first-order valence-electron chi connectivity index (χ1n) is 7.17. The van der Waals surface area contributed by atoms with Gasteiger partial charge in [-0.05, 0) is 37.4 Å². The number of carboxylic acid groups (broad SMARTS) is 1. The van der Waals surface area contributed by atoms with Crippen LogP contribution in [-0.2, 0) is 11.2 Å². The van der Waals surface area contributed by atoms with Crippen LogP contribution < -0.4 is 0 Å². The van der Waals surface area contributed by atoms with Gasteiger partial charge in [0.1, 0.15) is 0 Å². The van der Waals surface area contributed by atoms with Crippen LogP contribution in [0.1, 0.15) is 43.9 Å². The summed E-state index contributed by atoms with van der Waals surface area (Å²) < 4.78 is 0. The van der Waals surface area contributed by atoms with Crippen LogP contribution in [0.5, 0.6) is 0 Å². The van der Waals surface area contributed by atoms with Crippen LogP contribution in [-0.4, -0.2) is 29.1 Å². The largest absolute Gasteiger partial charge is 0.481 e. The van der Waals surface area contributed by atoms with Gasteiger partial charge in [-0.2, -0.15) is 0 Å².